The van der Waals surface area contributed by atoms with Gasteiger partial charge in [-0.1, -0.05) is 77.3 Å². The number of aryl methyl sites for hydroxylation is 1. The van der Waals surface area contributed by atoms with Gasteiger partial charge in [0, 0.05) is 16.5 Å². The Morgan fingerprint density at radius 2 is 1.46 bits per heavy atom. The lowest BCUT2D eigenvalue weighted by molar-refractivity contribution is 1.35. The smallest absolute Gasteiger partial charge is 0.197 e. The van der Waals surface area contributed by atoms with E-state index in [1.54, 1.807) is 24.3 Å². The Labute approximate surface area is 173 Å². The summed E-state index contributed by atoms with van der Waals surface area (Å²) in [5, 5.41) is 1.48. The van der Waals surface area contributed by atoms with Crippen LogP contribution in [0.15, 0.2) is 71.5 Å². The first-order chi connectivity index (χ1) is 13.5. The molecule has 4 rings (SSSR count). The minimum Gasteiger partial charge on any atom is -0.354 e. The van der Waals surface area contributed by atoms with Gasteiger partial charge in [0.2, 0.25) is 0 Å². The Kier molecular flexibility index (Phi) is 5.08. The highest BCUT2D eigenvalue weighted by atomic mass is 35.5. The van der Waals surface area contributed by atoms with Crippen molar-refractivity contribution in [1.29, 1.82) is 0 Å². The van der Waals surface area contributed by atoms with E-state index in [0.717, 1.165) is 11.1 Å². The summed E-state index contributed by atoms with van der Waals surface area (Å²) < 4.78 is 0. The molecule has 28 heavy (non-hydrogen) atoms. The summed E-state index contributed by atoms with van der Waals surface area (Å²) in [6.07, 6.45) is 3.86. The van der Waals surface area contributed by atoms with Crippen LogP contribution in [0.2, 0.25) is 10.0 Å². The summed E-state index contributed by atoms with van der Waals surface area (Å²) >= 11 is 12.9. The standard InChI is InChI=1S/C24H17Cl2NO/c1-15-9-11-16(12-10-15)13-14-21-23(22-18(25)6-4-7-19(22)26)24(28)17-5-2-3-8-20(17)27-21/h2-14H,1H3,(H,27,28)/b14-13+. The van der Waals surface area contributed by atoms with E-state index in [1.165, 1.54) is 5.56 Å². The number of benzene rings is 3. The number of rotatable bonds is 3. The van der Waals surface area contributed by atoms with Crippen molar-refractivity contribution in [3.05, 3.63) is 104 Å². The van der Waals surface area contributed by atoms with Crippen molar-refractivity contribution in [2.75, 3.05) is 0 Å². The first-order valence-corrected chi connectivity index (χ1v) is 9.64. The van der Waals surface area contributed by atoms with Gasteiger partial charge in [-0.05, 0) is 42.8 Å². The average Bonchev–Trinajstić information content (AvgIpc) is 2.69. The highest BCUT2D eigenvalue weighted by Gasteiger charge is 2.17. The second kappa shape index (κ2) is 7.67. The molecule has 138 valence electrons. The van der Waals surface area contributed by atoms with Gasteiger partial charge in [0.25, 0.3) is 0 Å². The Bertz CT molecular complexity index is 1230. The molecule has 0 saturated heterocycles. The van der Waals surface area contributed by atoms with Gasteiger partial charge in [0.05, 0.1) is 21.3 Å². The van der Waals surface area contributed by atoms with Crippen LogP contribution in [0.5, 0.6) is 0 Å². The molecule has 1 heterocycles. The molecule has 0 aliphatic carbocycles. The van der Waals surface area contributed by atoms with Crippen LogP contribution in [0.1, 0.15) is 16.8 Å². The van der Waals surface area contributed by atoms with E-state index in [0.29, 0.717) is 32.3 Å². The predicted molar refractivity (Wildman–Crippen MR) is 120 cm³/mol. The van der Waals surface area contributed by atoms with E-state index in [4.69, 9.17) is 23.2 Å². The van der Waals surface area contributed by atoms with Gasteiger partial charge in [-0.25, -0.2) is 0 Å². The zero-order valence-corrected chi connectivity index (χ0v) is 16.7. The van der Waals surface area contributed by atoms with Gasteiger partial charge in [-0.3, -0.25) is 4.79 Å². The van der Waals surface area contributed by atoms with Crippen LogP contribution in [-0.4, -0.2) is 4.98 Å². The van der Waals surface area contributed by atoms with Gasteiger partial charge >= 0.3 is 0 Å². The number of pyridine rings is 1. The van der Waals surface area contributed by atoms with Gasteiger partial charge in [0.15, 0.2) is 5.43 Å². The van der Waals surface area contributed by atoms with Gasteiger partial charge < -0.3 is 4.98 Å². The molecule has 4 aromatic rings. The molecule has 0 spiro atoms. The van der Waals surface area contributed by atoms with Crippen LogP contribution in [0, 0.1) is 6.92 Å². The van der Waals surface area contributed by atoms with Crippen molar-refractivity contribution in [1.82, 2.24) is 4.98 Å². The van der Waals surface area contributed by atoms with Gasteiger partial charge in [0.1, 0.15) is 0 Å². The van der Waals surface area contributed by atoms with Crippen molar-refractivity contribution in [2.24, 2.45) is 0 Å². The van der Waals surface area contributed by atoms with Crippen LogP contribution in [0.3, 0.4) is 0 Å². The fourth-order valence-corrected chi connectivity index (χ4v) is 3.81. The zero-order chi connectivity index (χ0) is 19.7. The number of hydrogen-bond donors (Lipinski definition) is 1. The van der Waals surface area contributed by atoms with E-state index in [-0.39, 0.29) is 5.43 Å². The number of nitrogens with one attached hydrogen (secondary N) is 1. The van der Waals surface area contributed by atoms with Gasteiger partial charge in [-0.15, -0.1) is 0 Å². The first-order valence-electron chi connectivity index (χ1n) is 8.89. The van der Waals surface area contributed by atoms with Crippen molar-refractivity contribution in [2.45, 2.75) is 6.92 Å². The molecule has 0 radical (unpaired) electrons. The summed E-state index contributed by atoms with van der Waals surface area (Å²) in [4.78, 5) is 16.7. The number of aromatic nitrogens is 1. The quantitative estimate of drug-likeness (QED) is 0.391. The number of fused-ring (bicyclic) bond motifs is 1. The summed E-state index contributed by atoms with van der Waals surface area (Å²) in [5.41, 5.74) is 4.57. The number of aromatic amines is 1. The minimum atomic E-state index is -0.104. The average molecular weight is 406 g/mol. The Balaban J connectivity index is 1.99. The van der Waals surface area contributed by atoms with Crippen LogP contribution >= 0.6 is 23.2 Å². The maximum Gasteiger partial charge on any atom is 0.197 e. The Morgan fingerprint density at radius 3 is 2.18 bits per heavy atom. The second-order valence-corrected chi connectivity index (χ2v) is 7.44. The van der Waals surface area contributed by atoms with E-state index in [9.17, 15) is 4.79 Å². The van der Waals surface area contributed by atoms with E-state index < -0.39 is 0 Å². The Hall–Kier alpha value is -2.81. The lowest BCUT2D eigenvalue weighted by atomic mass is 9.99. The molecule has 0 saturated carbocycles. The van der Waals surface area contributed by atoms with Crippen molar-refractivity contribution < 1.29 is 0 Å². The van der Waals surface area contributed by atoms with Crippen LogP contribution < -0.4 is 5.43 Å². The number of hydrogen-bond acceptors (Lipinski definition) is 1. The molecule has 0 atom stereocenters. The third-order valence-electron chi connectivity index (χ3n) is 4.67. The monoisotopic (exact) mass is 405 g/mol. The molecule has 3 aromatic carbocycles. The molecule has 4 heteroatoms. The highest BCUT2D eigenvalue weighted by molar-refractivity contribution is 6.39. The molecule has 0 unspecified atom stereocenters. The third kappa shape index (κ3) is 3.49. The van der Waals surface area contributed by atoms with Crippen LogP contribution in [0.4, 0.5) is 0 Å². The summed E-state index contributed by atoms with van der Waals surface area (Å²) in [6, 6.07) is 20.9. The molecule has 1 aromatic heterocycles. The summed E-state index contributed by atoms with van der Waals surface area (Å²) in [6.45, 7) is 2.05. The van der Waals surface area contributed by atoms with Crippen LogP contribution in [0.25, 0.3) is 34.2 Å². The van der Waals surface area contributed by atoms with Crippen LogP contribution in [-0.2, 0) is 0 Å². The molecule has 0 aliphatic heterocycles. The Morgan fingerprint density at radius 1 is 0.786 bits per heavy atom. The van der Waals surface area contributed by atoms with E-state index in [1.807, 2.05) is 49.4 Å². The largest absolute Gasteiger partial charge is 0.354 e. The summed E-state index contributed by atoms with van der Waals surface area (Å²) in [5.74, 6) is 0. The van der Waals surface area contributed by atoms with Gasteiger partial charge in [-0.2, -0.15) is 0 Å². The van der Waals surface area contributed by atoms with E-state index >= 15 is 0 Å². The fraction of sp³-hybridized carbons (Fsp3) is 0.0417. The maximum absolute atomic E-state index is 13.3. The van der Waals surface area contributed by atoms with E-state index in [2.05, 4.69) is 17.1 Å². The topological polar surface area (TPSA) is 32.9 Å². The lowest BCUT2D eigenvalue weighted by Crippen LogP contribution is -2.10. The number of halogens is 2. The molecular weight excluding hydrogens is 389 g/mol. The van der Waals surface area contributed by atoms with Crippen molar-refractivity contribution in [3.8, 4) is 11.1 Å². The summed E-state index contributed by atoms with van der Waals surface area (Å²) in [7, 11) is 0. The third-order valence-corrected chi connectivity index (χ3v) is 5.30. The SMILES string of the molecule is Cc1ccc(/C=C/c2[nH]c3ccccc3c(=O)c2-c2c(Cl)cccc2Cl)cc1. The number of H-pyrrole nitrogens is 1. The normalized spacial score (nSPS) is 11.4. The molecule has 0 bridgehead atoms. The lowest BCUT2D eigenvalue weighted by Gasteiger charge is -2.12. The van der Waals surface area contributed by atoms with Crippen molar-refractivity contribution >= 4 is 46.3 Å². The molecule has 1 N–H and O–H groups in total. The van der Waals surface area contributed by atoms with Crippen molar-refractivity contribution in [3.63, 3.8) is 0 Å². The minimum absolute atomic E-state index is 0.104. The highest BCUT2D eigenvalue weighted by Crippen LogP contribution is 2.35. The predicted octanol–water partition coefficient (Wildman–Crippen LogP) is 6.98. The first kappa shape index (κ1) is 18.5. The molecule has 0 aliphatic rings. The molecule has 2 nitrogen and oxygen atoms in total. The molecular formula is C24H17Cl2NO. The maximum atomic E-state index is 13.3. The number of para-hydroxylation sites is 1. The zero-order valence-electron chi connectivity index (χ0n) is 15.2. The molecule has 0 amide bonds. The second-order valence-electron chi connectivity index (χ2n) is 6.63. The molecule has 0 fully saturated rings. The fourth-order valence-electron chi connectivity index (χ4n) is 3.22.